The third-order valence-corrected chi connectivity index (χ3v) is 4.85. The van der Waals surface area contributed by atoms with Gasteiger partial charge in [-0.15, -0.1) is 0 Å². The van der Waals surface area contributed by atoms with Gasteiger partial charge in [0.15, 0.2) is 11.5 Å². The molecule has 0 radical (unpaired) electrons. The maximum Gasteiger partial charge on any atom is 0.244 e. The van der Waals surface area contributed by atoms with Crippen LogP contribution < -0.4 is 14.8 Å². The Bertz CT molecular complexity index is 718. The summed E-state index contributed by atoms with van der Waals surface area (Å²) in [5.74, 6) is 1.09. The lowest BCUT2D eigenvalue weighted by Gasteiger charge is -2.31. The van der Waals surface area contributed by atoms with Crippen molar-refractivity contribution in [2.75, 3.05) is 26.4 Å². The molecule has 0 bridgehead atoms. The molecule has 0 unspecified atom stereocenters. The van der Waals surface area contributed by atoms with Crippen molar-refractivity contribution in [2.45, 2.75) is 32.7 Å². The fraction of sp³-hybridized carbons (Fsp3) is 0.450. The highest BCUT2D eigenvalue weighted by atomic mass is 35.5. The monoisotopic (exact) mass is 376 g/mol. The van der Waals surface area contributed by atoms with Gasteiger partial charge in [0.2, 0.25) is 12.7 Å². The molecule has 1 fully saturated rings. The summed E-state index contributed by atoms with van der Waals surface area (Å²) in [6, 6.07) is 3.82. The first-order valence-corrected chi connectivity index (χ1v) is 9.32. The number of fused-ring (bicyclic) bond motifs is 1. The molecule has 1 aromatic rings. The van der Waals surface area contributed by atoms with Crippen LogP contribution in [-0.2, 0) is 4.79 Å². The van der Waals surface area contributed by atoms with E-state index in [2.05, 4.69) is 30.1 Å². The molecule has 1 N–H and O–H groups in total. The topological polar surface area (TPSA) is 50.8 Å². The Morgan fingerprint density at radius 2 is 2.08 bits per heavy atom. The Hall–Kier alpha value is -1.98. The fourth-order valence-corrected chi connectivity index (χ4v) is 3.35. The van der Waals surface area contributed by atoms with Crippen molar-refractivity contribution in [1.29, 1.82) is 0 Å². The Morgan fingerprint density at radius 1 is 1.31 bits per heavy atom. The number of carbonyl (C=O) groups is 1. The molecule has 1 amide bonds. The molecule has 1 aromatic carbocycles. The van der Waals surface area contributed by atoms with E-state index in [1.165, 1.54) is 5.57 Å². The van der Waals surface area contributed by atoms with Gasteiger partial charge in [-0.2, -0.15) is 0 Å². The van der Waals surface area contributed by atoms with Crippen molar-refractivity contribution in [3.8, 4) is 11.5 Å². The number of carbonyl (C=O) groups excluding carboxylic acids is 1. The second-order valence-electron chi connectivity index (χ2n) is 6.93. The van der Waals surface area contributed by atoms with Crippen molar-refractivity contribution in [2.24, 2.45) is 0 Å². The number of ether oxygens (including phenoxy) is 2. The van der Waals surface area contributed by atoms with Gasteiger partial charge in [-0.05, 0) is 50.5 Å². The third kappa shape index (κ3) is 5.02. The average Bonchev–Trinajstić information content (AvgIpc) is 3.08. The Morgan fingerprint density at radius 3 is 2.81 bits per heavy atom. The number of likely N-dealkylation sites (tertiary alicyclic amines) is 1. The van der Waals surface area contributed by atoms with E-state index in [4.69, 9.17) is 21.1 Å². The number of hydrogen-bond donors (Lipinski definition) is 1. The molecule has 2 aliphatic rings. The summed E-state index contributed by atoms with van der Waals surface area (Å²) < 4.78 is 10.6. The van der Waals surface area contributed by atoms with Crippen LogP contribution in [0.4, 0.5) is 0 Å². The molecule has 2 aliphatic heterocycles. The van der Waals surface area contributed by atoms with Crippen molar-refractivity contribution in [3.05, 3.63) is 40.4 Å². The number of piperidine rings is 1. The molecule has 5 nitrogen and oxygen atoms in total. The molecule has 1 saturated heterocycles. The van der Waals surface area contributed by atoms with Crippen LogP contribution >= 0.6 is 11.6 Å². The van der Waals surface area contributed by atoms with Gasteiger partial charge in [0.05, 0.1) is 5.02 Å². The molecule has 0 aromatic heterocycles. The van der Waals surface area contributed by atoms with Gasteiger partial charge in [-0.1, -0.05) is 23.3 Å². The van der Waals surface area contributed by atoms with Crippen molar-refractivity contribution >= 4 is 23.6 Å². The van der Waals surface area contributed by atoms with E-state index in [1.807, 2.05) is 6.07 Å². The molecular formula is C20H25ClN2O3. The summed E-state index contributed by atoms with van der Waals surface area (Å²) in [4.78, 5) is 14.6. The largest absolute Gasteiger partial charge is 0.454 e. The van der Waals surface area contributed by atoms with E-state index in [1.54, 1.807) is 18.2 Å². The maximum absolute atomic E-state index is 12.2. The predicted octanol–water partition coefficient (Wildman–Crippen LogP) is 3.63. The van der Waals surface area contributed by atoms with Gasteiger partial charge in [0, 0.05) is 31.8 Å². The second kappa shape index (κ2) is 8.60. The quantitative estimate of drug-likeness (QED) is 0.629. The van der Waals surface area contributed by atoms with E-state index in [9.17, 15) is 4.79 Å². The van der Waals surface area contributed by atoms with E-state index in [0.717, 1.165) is 38.0 Å². The lowest BCUT2D eigenvalue weighted by molar-refractivity contribution is -0.117. The Kier molecular flexibility index (Phi) is 6.22. The number of allylic oxidation sites excluding steroid dienone is 1. The molecule has 0 aliphatic carbocycles. The van der Waals surface area contributed by atoms with Gasteiger partial charge >= 0.3 is 0 Å². The van der Waals surface area contributed by atoms with Crippen LogP contribution in [0.15, 0.2) is 29.9 Å². The zero-order chi connectivity index (χ0) is 18.5. The average molecular weight is 377 g/mol. The highest BCUT2D eigenvalue weighted by Gasteiger charge is 2.20. The van der Waals surface area contributed by atoms with Crippen LogP contribution in [0.3, 0.4) is 0 Å². The first kappa shape index (κ1) is 18.8. The number of halogens is 1. The molecule has 0 saturated carbocycles. The maximum atomic E-state index is 12.2. The number of nitrogens with zero attached hydrogens (tertiary/aromatic N) is 1. The zero-order valence-corrected chi connectivity index (χ0v) is 16.0. The third-order valence-electron chi connectivity index (χ3n) is 4.57. The number of amides is 1. The summed E-state index contributed by atoms with van der Waals surface area (Å²) in [5, 5.41) is 3.57. The molecule has 6 heteroatoms. The molecule has 0 spiro atoms. The normalized spacial score (nSPS) is 17.5. The second-order valence-corrected chi connectivity index (χ2v) is 7.34. The van der Waals surface area contributed by atoms with Gasteiger partial charge in [0.25, 0.3) is 0 Å². The summed E-state index contributed by atoms with van der Waals surface area (Å²) in [6.45, 7) is 7.43. The smallest absolute Gasteiger partial charge is 0.244 e. The van der Waals surface area contributed by atoms with E-state index < -0.39 is 0 Å². The van der Waals surface area contributed by atoms with E-state index >= 15 is 0 Å². The first-order valence-electron chi connectivity index (χ1n) is 8.94. The highest BCUT2D eigenvalue weighted by Crippen LogP contribution is 2.40. The summed E-state index contributed by atoms with van der Waals surface area (Å²) in [7, 11) is 0. The van der Waals surface area contributed by atoms with Gasteiger partial charge in [-0.3, -0.25) is 9.69 Å². The molecule has 2 heterocycles. The molecule has 140 valence electrons. The van der Waals surface area contributed by atoms with Crippen LogP contribution in [-0.4, -0.2) is 43.3 Å². The molecular weight excluding hydrogens is 352 g/mol. The Labute approximate surface area is 159 Å². The molecule has 3 rings (SSSR count). The van der Waals surface area contributed by atoms with Crippen molar-refractivity contribution in [1.82, 2.24) is 10.2 Å². The standard InChI is InChI=1S/C20H25ClN2O3/c1-14(2)5-8-23-9-6-16(7-10-23)22-19(24)4-3-15-11-17(21)20-18(12-15)25-13-26-20/h3-5,11-12,16H,6-10,13H2,1-2H3,(H,22,24)/b4-3+. The first-order chi connectivity index (χ1) is 12.5. The lowest BCUT2D eigenvalue weighted by atomic mass is 10.0. The fourth-order valence-electron chi connectivity index (χ4n) is 3.08. The van der Waals surface area contributed by atoms with Crippen LogP contribution in [0.25, 0.3) is 6.08 Å². The van der Waals surface area contributed by atoms with E-state index in [-0.39, 0.29) is 18.7 Å². The highest BCUT2D eigenvalue weighted by molar-refractivity contribution is 6.32. The van der Waals surface area contributed by atoms with Crippen molar-refractivity contribution in [3.63, 3.8) is 0 Å². The zero-order valence-electron chi connectivity index (χ0n) is 15.3. The lowest BCUT2D eigenvalue weighted by Crippen LogP contribution is -2.44. The molecule has 0 atom stereocenters. The minimum absolute atomic E-state index is 0.0819. The van der Waals surface area contributed by atoms with Crippen LogP contribution in [0, 0.1) is 0 Å². The summed E-state index contributed by atoms with van der Waals surface area (Å²) in [5.41, 5.74) is 2.15. The SMILES string of the molecule is CC(C)=CCN1CCC(NC(=O)/C=C/c2cc(Cl)c3c(c2)OCO3)CC1. The van der Waals surface area contributed by atoms with Crippen LogP contribution in [0.5, 0.6) is 11.5 Å². The molecule has 26 heavy (non-hydrogen) atoms. The minimum Gasteiger partial charge on any atom is -0.454 e. The summed E-state index contributed by atoms with van der Waals surface area (Å²) >= 11 is 6.16. The minimum atomic E-state index is -0.0819. The van der Waals surface area contributed by atoms with E-state index in [0.29, 0.717) is 16.5 Å². The van der Waals surface area contributed by atoms with Crippen LogP contribution in [0.2, 0.25) is 5.02 Å². The van der Waals surface area contributed by atoms with Gasteiger partial charge < -0.3 is 14.8 Å². The summed E-state index contributed by atoms with van der Waals surface area (Å²) in [6.07, 6.45) is 7.49. The predicted molar refractivity (Wildman–Crippen MR) is 104 cm³/mol. The number of hydrogen-bond acceptors (Lipinski definition) is 4. The Balaban J connectivity index is 1.48. The van der Waals surface area contributed by atoms with Gasteiger partial charge in [0.1, 0.15) is 0 Å². The number of rotatable bonds is 5. The van der Waals surface area contributed by atoms with Gasteiger partial charge in [-0.25, -0.2) is 0 Å². The van der Waals surface area contributed by atoms with Crippen LogP contribution in [0.1, 0.15) is 32.3 Å². The van der Waals surface area contributed by atoms with Crippen molar-refractivity contribution < 1.29 is 14.3 Å². The number of benzene rings is 1. The number of nitrogens with one attached hydrogen (secondary N) is 1.